The van der Waals surface area contributed by atoms with Gasteiger partial charge < -0.3 is 10.6 Å². The number of anilines is 1. The molecule has 7 nitrogen and oxygen atoms in total. The van der Waals surface area contributed by atoms with Crippen LogP contribution in [0.2, 0.25) is 0 Å². The molecular formula is C23H29N3O4S. The van der Waals surface area contributed by atoms with Gasteiger partial charge in [0.05, 0.1) is 4.90 Å². The minimum Gasteiger partial charge on any atom is -0.321 e. The lowest BCUT2D eigenvalue weighted by Gasteiger charge is -2.19. The highest BCUT2D eigenvalue weighted by Crippen LogP contribution is 2.19. The summed E-state index contributed by atoms with van der Waals surface area (Å²) in [6.45, 7) is 9.44. The summed E-state index contributed by atoms with van der Waals surface area (Å²) >= 11 is 0. The largest absolute Gasteiger partial charge is 0.321 e. The molecule has 2 aromatic rings. The molecule has 4 N–H and O–H groups in total. The first-order valence-electron chi connectivity index (χ1n) is 9.84. The molecule has 0 spiro atoms. The Bertz CT molecular complexity index is 1080. The van der Waals surface area contributed by atoms with Gasteiger partial charge in [0.25, 0.3) is 5.91 Å². The van der Waals surface area contributed by atoms with Crippen LogP contribution < -0.4 is 15.8 Å². The van der Waals surface area contributed by atoms with Crippen LogP contribution in [-0.2, 0) is 19.6 Å². The van der Waals surface area contributed by atoms with E-state index in [4.69, 9.17) is 5.14 Å². The van der Waals surface area contributed by atoms with E-state index in [1.807, 2.05) is 24.3 Å². The smallest absolute Gasteiger partial charge is 0.272 e. The number of nitrogens with two attached hydrogens (primary N) is 1. The fourth-order valence-electron chi connectivity index (χ4n) is 2.54. The van der Waals surface area contributed by atoms with Crippen molar-refractivity contribution in [3.8, 4) is 0 Å². The zero-order valence-corrected chi connectivity index (χ0v) is 19.2. The molecule has 2 rings (SSSR count). The van der Waals surface area contributed by atoms with Crippen LogP contribution in [0, 0.1) is 5.41 Å². The van der Waals surface area contributed by atoms with E-state index in [9.17, 15) is 18.0 Å². The minimum absolute atomic E-state index is 0.0625. The second kappa shape index (κ2) is 9.45. The van der Waals surface area contributed by atoms with E-state index in [0.29, 0.717) is 11.6 Å². The Kier molecular flexibility index (Phi) is 7.41. The number of primary sulfonamides is 1. The van der Waals surface area contributed by atoms with Gasteiger partial charge in [-0.25, -0.2) is 13.6 Å². The number of carbonyl (C=O) groups is 2. The Hall–Kier alpha value is -2.97. The predicted molar refractivity (Wildman–Crippen MR) is 123 cm³/mol. The summed E-state index contributed by atoms with van der Waals surface area (Å²) in [5.41, 5.74) is 1.67. The first kappa shape index (κ1) is 24.3. The van der Waals surface area contributed by atoms with Crippen LogP contribution in [0.25, 0.3) is 6.08 Å². The highest BCUT2D eigenvalue weighted by Gasteiger charge is 2.24. The van der Waals surface area contributed by atoms with E-state index in [1.165, 1.54) is 24.3 Å². The summed E-state index contributed by atoms with van der Waals surface area (Å²) in [5, 5.41) is 10.5. The standard InChI is InChI=1S/C23H29N3O4S/c1-15(2)17-8-6-16(7-9-17)14-20(26-22(28)23(3,4)5)21(27)25-18-10-12-19(13-11-18)31(24,29)30/h6-15H,1-5H3,(H,25,27)(H,26,28)(H2,24,29,30)/b20-14+. The zero-order valence-electron chi connectivity index (χ0n) is 18.4. The fourth-order valence-corrected chi connectivity index (χ4v) is 3.05. The summed E-state index contributed by atoms with van der Waals surface area (Å²) in [7, 11) is -3.83. The molecule has 0 aliphatic carbocycles. The van der Waals surface area contributed by atoms with Crippen LogP contribution in [0.4, 0.5) is 5.69 Å². The second-order valence-corrected chi connectivity index (χ2v) is 10.2. The van der Waals surface area contributed by atoms with Crippen LogP contribution in [0.1, 0.15) is 51.7 Å². The van der Waals surface area contributed by atoms with Gasteiger partial charge in [0.15, 0.2) is 0 Å². The molecule has 0 heterocycles. The van der Waals surface area contributed by atoms with Crippen LogP contribution in [0.3, 0.4) is 0 Å². The van der Waals surface area contributed by atoms with Crippen molar-refractivity contribution in [2.75, 3.05) is 5.32 Å². The summed E-state index contributed by atoms with van der Waals surface area (Å²) in [4.78, 5) is 25.3. The monoisotopic (exact) mass is 443 g/mol. The van der Waals surface area contributed by atoms with E-state index in [1.54, 1.807) is 26.8 Å². The zero-order chi connectivity index (χ0) is 23.4. The number of amides is 2. The average Bonchev–Trinajstić information content (AvgIpc) is 2.66. The lowest BCUT2D eigenvalue weighted by molar-refractivity contribution is -0.128. The summed E-state index contributed by atoms with van der Waals surface area (Å²) in [5.74, 6) is -0.465. The molecule has 8 heteroatoms. The van der Waals surface area contributed by atoms with Gasteiger partial charge in [-0.3, -0.25) is 9.59 Å². The maximum Gasteiger partial charge on any atom is 0.272 e. The Morgan fingerprint density at radius 1 is 0.968 bits per heavy atom. The first-order valence-corrected chi connectivity index (χ1v) is 11.4. The van der Waals surface area contributed by atoms with Crippen molar-refractivity contribution < 1.29 is 18.0 Å². The van der Waals surface area contributed by atoms with Crippen molar-refractivity contribution in [3.63, 3.8) is 0 Å². The topological polar surface area (TPSA) is 118 Å². The maximum atomic E-state index is 12.9. The van der Waals surface area contributed by atoms with Crippen LogP contribution in [0.15, 0.2) is 59.1 Å². The summed E-state index contributed by atoms with van der Waals surface area (Å²) in [6.07, 6.45) is 1.60. The van der Waals surface area contributed by atoms with Gasteiger partial charge in [0.1, 0.15) is 5.70 Å². The molecule has 31 heavy (non-hydrogen) atoms. The van der Waals surface area contributed by atoms with Crippen molar-refractivity contribution >= 4 is 33.6 Å². The Morgan fingerprint density at radius 2 is 1.52 bits per heavy atom. The maximum absolute atomic E-state index is 12.9. The van der Waals surface area contributed by atoms with Gasteiger partial charge in [-0.05, 0) is 47.4 Å². The van der Waals surface area contributed by atoms with Crippen molar-refractivity contribution in [1.82, 2.24) is 5.32 Å². The molecule has 2 aromatic carbocycles. The van der Waals surface area contributed by atoms with Gasteiger partial charge >= 0.3 is 0 Å². The summed E-state index contributed by atoms with van der Waals surface area (Å²) < 4.78 is 22.8. The molecule has 0 bridgehead atoms. The molecule has 0 saturated carbocycles. The number of benzene rings is 2. The Labute approximate surface area is 183 Å². The lowest BCUT2D eigenvalue weighted by Crippen LogP contribution is -2.38. The number of hydrogen-bond donors (Lipinski definition) is 3. The van der Waals surface area contributed by atoms with Crippen LogP contribution in [-0.4, -0.2) is 20.2 Å². The highest BCUT2D eigenvalue weighted by atomic mass is 32.2. The SMILES string of the molecule is CC(C)c1ccc(/C=C(/NC(=O)C(C)(C)C)C(=O)Nc2ccc(S(N)(=O)=O)cc2)cc1. The van der Waals surface area contributed by atoms with E-state index in [-0.39, 0.29) is 16.5 Å². The average molecular weight is 444 g/mol. The number of sulfonamides is 1. The van der Waals surface area contributed by atoms with Crippen molar-refractivity contribution in [2.45, 2.75) is 45.4 Å². The number of carbonyl (C=O) groups excluding carboxylic acids is 2. The third-order valence-corrected chi connectivity index (χ3v) is 5.46. The van der Waals surface area contributed by atoms with Crippen molar-refractivity contribution in [1.29, 1.82) is 0 Å². The minimum atomic E-state index is -3.83. The molecule has 0 radical (unpaired) electrons. The van der Waals surface area contributed by atoms with Crippen molar-refractivity contribution in [2.24, 2.45) is 10.6 Å². The van der Waals surface area contributed by atoms with Crippen LogP contribution >= 0.6 is 0 Å². The van der Waals surface area contributed by atoms with Crippen LogP contribution in [0.5, 0.6) is 0 Å². The third kappa shape index (κ3) is 7.04. The van der Waals surface area contributed by atoms with E-state index < -0.39 is 21.3 Å². The molecule has 166 valence electrons. The van der Waals surface area contributed by atoms with Gasteiger partial charge in [0.2, 0.25) is 15.9 Å². The molecule has 0 aromatic heterocycles. The molecule has 0 aliphatic heterocycles. The van der Waals surface area contributed by atoms with E-state index in [0.717, 1.165) is 11.1 Å². The lowest BCUT2D eigenvalue weighted by atomic mass is 9.95. The van der Waals surface area contributed by atoms with Gasteiger partial charge in [-0.2, -0.15) is 0 Å². The molecule has 2 amide bonds. The highest BCUT2D eigenvalue weighted by molar-refractivity contribution is 7.89. The number of rotatable bonds is 6. The molecule has 0 atom stereocenters. The second-order valence-electron chi connectivity index (χ2n) is 8.61. The fraction of sp³-hybridized carbons (Fsp3) is 0.304. The Balaban J connectivity index is 2.32. The van der Waals surface area contributed by atoms with E-state index >= 15 is 0 Å². The van der Waals surface area contributed by atoms with Gasteiger partial charge in [-0.1, -0.05) is 58.9 Å². The molecule has 0 fully saturated rings. The third-order valence-electron chi connectivity index (χ3n) is 4.53. The van der Waals surface area contributed by atoms with Crippen molar-refractivity contribution in [3.05, 3.63) is 65.4 Å². The first-order chi connectivity index (χ1) is 14.3. The predicted octanol–water partition coefficient (Wildman–Crippen LogP) is 3.60. The number of hydrogen-bond acceptors (Lipinski definition) is 4. The normalized spacial score (nSPS) is 12.5. The van der Waals surface area contributed by atoms with Gasteiger partial charge in [0, 0.05) is 11.1 Å². The summed E-state index contributed by atoms with van der Waals surface area (Å²) in [6, 6.07) is 13.2. The van der Waals surface area contributed by atoms with E-state index in [2.05, 4.69) is 24.5 Å². The number of nitrogens with one attached hydrogen (secondary N) is 2. The molecule has 0 unspecified atom stereocenters. The quantitative estimate of drug-likeness (QED) is 0.591. The van der Waals surface area contributed by atoms with Gasteiger partial charge in [-0.15, -0.1) is 0 Å². The Morgan fingerprint density at radius 3 is 1.97 bits per heavy atom. The molecule has 0 aliphatic rings. The molecule has 0 saturated heterocycles. The molecular weight excluding hydrogens is 414 g/mol.